The zero-order valence-electron chi connectivity index (χ0n) is 25.9. The largest absolute Gasteiger partial charge is 0.573 e. The minimum Gasteiger partial charge on any atom is -0.406 e. The summed E-state index contributed by atoms with van der Waals surface area (Å²) in [5.41, 5.74) is 4.05. The van der Waals surface area contributed by atoms with E-state index in [1.807, 2.05) is 41.3 Å². The number of halogens is 3. The number of piperidine rings is 1. The molecule has 3 aromatic carbocycles. The van der Waals surface area contributed by atoms with Crippen LogP contribution in [-0.4, -0.2) is 103 Å². The Morgan fingerprint density at radius 3 is 2.15 bits per heavy atom. The molecule has 4 atom stereocenters. The number of likely N-dealkylation sites (tertiary alicyclic amines) is 1. The molecule has 0 aromatic heterocycles. The number of nitrogens with zero attached hydrogens (tertiary/aromatic N) is 4. The summed E-state index contributed by atoms with van der Waals surface area (Å²) in [4.78, 5) is 19.8. The molecule has 2 fully saturated rings. The lowest BCUT2D eigenvalue weighted by molar-refractivity contribution is -0.274. The number of fused-ring (bicyclic) bond motifs is 2. The molecule has 3 aliphatic rings. The fraction of sp³-hybridized carbons (Fsp3) is 0.424. The van der Waals surface area contributed by atoms with E-state index >= 15 is 0 Å². The van der Waals surface area contributed by atoms with Crippen molar-refractivity contribution in [3.05, 3.63) is 83.9 Å². The average Bonchev–Trinajstić information content (AvgIpc) is 3.23. The Morgan fingerprint density at radius 2 is 1.57 bits per heavy atom. The van der Waals surface area contributed by atoms with Crippen molar-refractivity contribution in [2.45, 2.75) is 42.3 Å². The van der Waals surface area contributed by atoms with E-state index in [9.17, 15) is 27.3 Å². The molecule has 0 saturated carbocycles. The molecule has 252 valence electrons. The highest BCUT2D eigenvalue weighted by Crippen LogP contribution is 2.39. The Hall–Kier alpha value is -3.69. The van der Waals surface area contributed by atoms with E-state index in [0.717, 1.165) is 47.5 Å². The average molecular weight is 674 g/mol. The number of aliphatic hydroxyl groups is 1. The Labute approximate surface area is 272 Å². The fourth-order valence-corrected chi connectivity index (χ4v) is 8.13. The molecular formula is C33H38F3N5O5S. The number of para-hydroxylation sites is 2. The molecule has 6 rings (SSSR count). The lowest BCUT2D eigenvalue weighted by atomic mass is 9.94. The lowest BCUT2D eigenvalue weighted by Crippen LogP contribution is -2.66. The first-order chi connectivity index (χ1) is 22.5. The highest BCUT2D eigenvalue weighted by atomic mass is 32.2. The zero-order valence-corrected chi connectivity index (χ0v) is 26.8. The number of hydrogen-bond acceptors (Lipinski definition) is 8. The van der Waals surface area contributed by atoms with Crippen LogP contribution < -0.4 is 14.4 Å². The molecule has 3 heterocycles. The third-order valence-corrected chi connectivity index (χ3v) is 10.9. The summed E-state index contributed by atoms with van der Waals surface area (Å²) in [7, 11) is -2.12. The summed E-state index contributed by atoms with van der Waals surface area (Å²) in [6.45, 7) is 2.73. The SMILES string of the molecule is CN=S(=O)(NC1CN(C(=O)CN2CCOCC2)CC(N2c3ccccc3CCc3ccccc32)C1O)c1ccc(OC(F)(F)F)cc1. The van der Waals surface area contributed by atoms with Gasteiger partial charge in [0.2, 0.25) is 5.91 Å². The van der Waals surface area contributed by atoms with Crippen LogP contribution in [0.3, 0.4) is 0 Å². The predicted octanol–water partition coefficient (Wildman–Crippen LogP) is 3.76. The molecule has 3 aliphatic heterocycles. The maximum Gasteiger partial charge on any atom is 0.573 e. The van der Waals surface area contributed by atoms with Crippen molar-refractivity contribution in [2.24, 2.45) is 4.36 Å². The van der Waals surface area contributed by atoms with E-state index in [0.29, 0.717) is 26.3 Å². The maximum atomic E-state index is 14.3. The second-order valence-corrected chi connectivity index (χ2v) is 13.9. The topological polar surface area (TPSA) is 107 Å². The van der Waals surface area contributed by atoms with Gasteiger partial charge in [-0.3, -0.25) is 9.69 Å². The number of benzene rings is 3. The van der Waals surface area contributed by atoms with Crippen molar-refractivity contribution < 1.29 is 36.8 Å². The van der Waals surface area contributed by atoms with Gasteiger partial charge in [0.05, 0.1) is 42.8 Å². The molecule has 2 N–H and O–H groups in total. The van der Waals surface area contributed by atoms with Crippen molar-refractivity contribution in [1.29, 1.82) is 0 Å². The van der Waals surface area contributed by atoms with Gasteiger partial charge in [-0.25, -0.2) is 13.3 Å². The molecule has 3 aromatic rings. The summed E-state index contributed by atoms with van der Waals surface area (Å²) in [5.74, 6) is -0.601. The minimum atomic E-state index is -4.88. The quantitative estimate of drug-likeness (QED) is 0.394. The van der Waals surface area contributed by atoms with Crippen LogP contribution in [0.15, 0.2) is 82.1 Å². The Morgan fingerprint density at radius 1 is 0.979 bits per heavy atom. The van der Waals surface area contributed by atoms with Crippen LogP contribution in [0.5, 0.6) is 5.75 Å². The van der Waals surface area contributed by atoms with E-state index in [-0.39, 0.29) is 30.4 Å². The van der Waals surface area contributed by atoms with Crippen molar-refractivity contribution in [2.75, 3.05) is 57.9 Å². The summed E-state index contributed by atoms with van der Waals surface area (Å²) >= 11 is 0. The molecule has 0 bridgehead atoms. The maximum absolute atomic E-state index is 14.3. The van der Waals surface area contributed by atoms with Gasteiger partial charge in [0.25, 0.3) is 0 Å². The molecule has 1 amide bonds. The smallest absolute Gasteiger partial charge is 0.406 e. The second kappa shape index (κ2) is 13.8. The predicted molar refractivity (Wildman–Crippen MR) is 171 cm³/mol. The monoisotopic (exact) mass is 673 g/mol. The number of morpholine rings is 1. The van der Waals surface area contributed by atoms with E-state index in [1.165, 1.54) is 19.2 Å². The van der Waals surface area contributed by atoms with E-state index in [2.05, 4.69) is 30.9 Å². The first-order valence-corrected chi connectivity index (χ1v) is 17.1. The van der Waals surface area contributed by atoms with Crippen LogP contribution in [0.4, 0.5) is 24.5 Å². The highest BCUT2D eigenvalue weighted by Gasteiger charge is 2.44. The number of carbonyl (C=O) groups excluding carboxylic acids is 1. The Bertz CT molecular complexity index is 1640. The van der Waals surface area contributed by atoms with E-state index in [1.54, 1.807) is 4.90 Å². The number of nitrogens with one attached hydrogen (secondary N) is 1. The first kappa shape index (κ1) is 33.2. The number of amides is 1. The highest BCUT2D eigenvalue weighted by molar-refractivity contribution is 7.91. The molecule has 0 radical (unpaired) electrons. The van der Waals surface area contributed by atoms with Crippen LogP contribution >= 0.6 is 0 Å². The van der Waals surface area contributed by atoms with Crippen LogP contribution in [0, 0.1) is 0 Å². The number of carbonyl (C=O) groups is 1. The number of anilines is 2. The van der Waals surface area contributed by atoms with Crippen molar-refractivity contribution in [3.8, 4) is 5.75 Å². The molecule has 0 spiro atoms. The normalized spacial score (nSPS) is 23.2. The number of aryl methyl sites for hydroxylation is 2. The molecular weight excluding hydrogens is 635 g/mol. The number of rotatable bonds is 7. The van der Waals surface area contributed by atoms with E-state index in [4.69, 9.17) is 4.74 Å². The van der Waals surface area contributed by atoms with Gasteiger partial charge in [-0.05, 0) is 60.4 Å². The third-order valence-electron chi connectivity index (χ3n) is 8.89. The van der Waals surface area contributed by atoms with Crippen molar-refractivity contribution >= 4 is 27.2 Å². The third kappa shape index (κ3) is 7.41. The number of ether oxygens (including phenoxy) is 2. The van der Waals surface area contributed by atoms with Crippen LogP contribution in [-0.2, 0) is 32.3 Å². The van der Waals surface area contributed by atoms with Gasteiger partial charge in [-0.15, -0.1) is 13.2 Å². The summed E-state index contributed by atoms with van der Waals surface area (Å²) in [5, 5.41) is 12.1. The van der Waals surface area contributed by atoms with E-state index < -0.39 is 40.2 Å². The van der Waals surface area contributed by atoms with Gasteiger partial charge < -0.3 is 24.4 Å². The molecule has 0 aliphatic carbocycles. The number of aliphatic hydroxyl groups excluding tert-OH is 1. The lowest BCUT2D eigenvalue weighted by Gasteiger charge is -2.47. The summed E-state index contributed by atoms with van der Waals surface area (Å²) in [6.07, 6.45) is -4.41. The van der Waals surface area contributed by atoms with Gasteiger partial charge in [0.1, 0.15) is 15.7 Å². The van der Waals surface area contributed by atoms with Crippen molar-refractivity contribution in [1.82, 2.24) is 14.5 Å². The van der Waals surface area contributed by atoms with Crippen LogP contribution in [0.25, 0.3) is 0 Å². The molecule has 2 saturated heterocycles. The van der Waals surface area contributed by atoms with Gasteiger partial charge >= 0.3 is 6.36 Å². The first-order valence-electron chi connectivity index (χ1n) is 15.5. The summed E-state index contributed by atoms with van der Waals surface area (Å²) in [6, 6.07) is 19.1. The van der Waals surface area contributed by atoms with Crippen LogP contribution in [0.2, 0.25) is 0 Å². The van der Waals surface area contributed by atoms with Crippen LogP contribution in [0.1, 0.15) is 11.1 Å². The summed E-state index contributed by atoms with van der Waals surface area (Å²) < 4.78 is 69.2. The Kier molecular flexibility index (Phi) is 9.76. The zero-order chi connectivity index (χ0) is 33.2. The molecule has 47 heavy (non-hydrogen) atoms. The fourth-order valence-electron chi connectivity index (χ4n) is 6.55. The van der Waals surface area contributed by atoms with Gasteiger partial charge in [0.15, 0.2) is 0 Å². The molecule has 14 heteroatoms. The molecule has 4 unspecified atom stereocenters. The van der Waals surface area contributed by atoms with Gasteiger partial charge in [0, 0.05) is 44.6 Å². The van der Waals surface area contributed by atoms with Gasteiger partial charge in [-0.2, -0.15) is 0 Å². The van der Waals surface area contributed by atoms with Crippen molar-refractivity contribution in [3.63, 3.8) is 0 Å². The number of alkyl halides is 3. The standard InChI is InChI=1S/C33H38F3N5O5S/c1-37-47(44,26-14-12-25(13-15-26)46-33(34,35)36)38-27-20-40(31(42)22-39-16-18-45-19-17-39)21-30(32(27)43)41-28-8-4-2-6-23(28)10-11-24-7-3-5-9-29(24)41/h2-9,12-15,27,30,32,43H,10-11,16-22H2,1H3,(H,37,38,44). The second-order valence-electron chi connectivity index (χ2n) is 11.8. The van der Waals surface area contributed by atoms with Gasteiger partial charge in [-0.1, -0.05) is 36.4 Å². The number of hydrogen-bond donors (Lipinski definition) is 2. The Balaban J connectivity index is 1.36. The molecule has 10 nitrogen and oxygen atoms in total. The minimum absolute atomic E-state index is 0.0414.